The maximum atomic E-state index is 11.1. The molecule has 0 aromatic carbocycles. The van der Waals surface area contributed by atoms with Gasteiger partial charge in [-0.1, -0.05) is 20.3 Å². The van der Waals surface area contributed by atoms with Gasteiger partial charge in [0.15, 0.2) is 0 Å². The van der Waals surface area contributed by atoms with E-state index in [1.807, 2.05) is 13.8 Å². The van der Waals surface area contributed by atoms with Gasteiger partial charge in [0.1, 0.15) is 6.42 Å². The maximum absolute atomic E-state index is 11.1. The lowest BCUT2D eigenvalue weighted by Crippen LogP contribution is -2.44. The smallest absolute Gasteiger partial charge is 0.320 e. The molecule has 0 saturated carbocycles. The van der Waals surface area contributed by atoms with Crippen LogP contribution >= 0.6 is 0 Å². The van der Waals surface area contributed by atoms with Crippen LogP contribution in [0.25, 0.3) is 0 Å². The molecule has 4 heteroatoms. The third-order valence-electron chi connectivity index (χ3n) is 2.34. The van der Waals surface area contributed by atoms with Gasteiger partial charge in [0.2, 0.25) is 0 Å². The first-order chi connectivity index (χ1) is 6.62. The molecule has 0 amide bonds. The number of cyclic esters (lactones) is 2. The van der Waals surface area contributed by atoms with E-state index in [0.717, 1.165) is 12.8 Å². The molecule has 0 spiro atoms. The van der Waals surface area contributed by atoms with E-state index < -0.39 is 17.7 Å². The summed E-state index contributed by atoms with van der Waals surface area (Å²) in [6.07, 6.45) is 2.72. The Labute approximate surface area is 83.6 Å². The van der Waals surface area contributed by atoms with Gasteiger partial charge in [-0.2, -0.15) is 0 Å². The van der Waals surface area contributed by atoms with Crippen LogP contribution in [0.15, 0.2) is 0 Å². The Kier molecular flexibility index (Phi) is 3.49. The summed E-state index contributed by atoms with van der Waals surface area (Å²) in [6, 6.07) is 0. The maximum Gasteiger partial charge on any atom is 0.320 e. The molecular weight excluding hydrogens is 184 g/mol. The molecule has 0 aliphatic carbocycles. The first-order valence-corrected chi connectivity index (χ1v) is 5.05. The monoisotopic (exact) mass is 200 g/mol. The van der Waals surface area contributed by atoms with Crippen LogP contribution in [0.4, 0.5) is 0 Å². The van der Waals surface area contributed by atoms with Gasteiger partial charge < -0.3 is 9.47 Å². The molecule has 0 radical (unpaired) electrons. The van der Waals surface area contributed by atoms with E-state index in [9.17, 15) is 9.59 Å². The van der Waals surface area contributed by atoms with Crippen LogP contribution in [0.1, 0.15) is 46.0 Å². The van der Waals surface area contributed by atoms with Crippen molar-refractivity contribution < 1.29 is 19.1 Å². The highest BCUT2D eigenvalue weighted by atomic mass is 16.7. The van der Waals surface area contributed by atoms with Gasteiger partial charge in [-0.25, -0.2) is 0 Å². The van der Waals surface area contributed by atoms with Crippen molar-refractivity contribution in [2.75, 3.05) is 0 Å². The zero-order chi connectivity index (χ0) is 10.6. The van der Waals surface area contributed by atoms with Crippen LogP contribution in [0.2, 0.25) is 0 Å². The SMILES string of the molecule is CCCCC1(CC)OC(=O)CC(=O)O1. The average Bonchev–Trinajstić information content (AvgIpc) is 2.13. The number of carbonyl (C=O) groups is 2. The second-order valence-corrected chi connectivity index (χ2v) is 3.49. The fourth-order valence-electron chi connectivity index (χ4n) is 1.50. The molecule has 80 valence electrons. The van der Waals surface area contributed by atoms with E-state index >= 15 is 0 Å². The van der Waals surface area contributed by atoms with Crippen molar-refractivity contribution in [1.82, 2.24) is 0 Å². The molecule has 0 unspecified atom stereocenters. The van der Waals surface area contributed by atoms with E-state index in [0.29, 0.717) is 12.8 Å². The molecule has 1 saturated heterocycles. The van der Waals surface area contributed by atoms with Gasteiger partial charge in [0.05, 0.1) is 0 Å². The number of hydrogen-bond donors (Lipinski definition) is 0. The first kappa shape index (κ1) is 11.0. The Morgan fingerprint density at radius 3 is 2.21 bits per heavy atom. The highest BCUT2D eigenvalue weighted by molar-refractivity contribution is 5.93. The Morgan fingerprint density at radius 2 is 1.79 bits per heavy atom. The summed E-state index contributed by atoms with van der Waals surface area (Å²) in [5.41, 5.74) is 0. The summed E-state index contributed by atoms with van der Waals surface area (Å²) >= 11 is 0. The normalized spacial score (nSPS) is 20.1. The molecule has 14 heavy (non-hydrogen) atoms. The number of ether oxygens (including phenoxy) is 2. The largest absolute Gasteiger partial charge is 0.422 e. The third-order valence-corrected chi connectivity index (χ3v) is 2.34. The molecule has 1 heterocycles. The number of hydrogen-bond acceptors (Lipinski definition) is 4. The zero-order valence-corrected chi connectivity index (χ0v) is 8.67. The van der Waals surface area contributed by atoms with Gasteiger partial charge in [0, 0.05) is 12.8 Å². The fourth-order valence-corrected chi connectivity index (χ4v) is 1.50. The van der Waals surface area contributed by atoms with Crippen molar-refractivity contribution in [1.29, 1.82) is 0 Å². The van der Waals surface area contributed by atoms with E-state index in [-0.39, 0.29) is 6.42 Å². The Balaban J connectivity index is 2.66. The third kappa shape index (κ3) is 2.47. The molecule has 0 aromatic rings. The average molecular weight is 200 g/mol. The van der Waals surface area contributed by atoms with Crippen LogP contribution in [0.3, 0.4) is 0 Å². The molecule has 1 fully saturated rings. The summed E-state index contributed by atoms with van der Waals surface area (Å²) < 4.78 is 10.2. The van der Waals surface area contributed by atoms with E-state index in [1.54, 1.807) is 0 Å². The second kappa shape index (κ2) is 4.44. The summed E-state index contributed by atoms with van der Waals surface area (Å²) in [7, 11) is 0. The molecule has 4 nitrogen and oxygen atoms in total. The molecule has 1 aliphatic heterocycles. The van der Waals surface area contributed by atoms with Gasteiger partial charge >= 0.3 is 11.9 Å². The number of esters is 2. The van der Waals surface area contributed by atoms with Crippen molar-refractivity contribution in [2.24, 2.45) is 0 Å². The highest BCUT2D eigenvalue weighted by Gasteiger charge is 2.41. The zero-order valence-electron chi connectivity index (χ0n) is 8.67. The Hall–Kier alpha value is -1.06. The minimum Gasteiger partial charge on any atom is -0.422 e. The molecule has 0 bridgehead atoms. The van der Waals surface area contributed by atoms with Crippen molar-refractivity contribution in [3.05, 3.63) is 0 Å². The van der Waals surface area contributed by atoms with Crippen molar-refractivity contribution >= 4 is 11.9 Å². The molecule has 1 rings (SSSR count). The molecule has 1 aliphatic rings. The minimum atomic E-state index is -0.984. The summed E-state index contributed by atoms with van der Waals surface area (Å²) in [4.78, 5) is 22.2. The number of unbranched alkanes of at least 4 members (excludes halogenated alkanes) is 1. The first-order valence-electron chi connectivity index (χ1n) is 5.05. The van der Waals surface area contributed by atoms with Crippen LogP contribution < -0.4 is 0 Å². The standard InChI is InChI=1S/C10H16O4/c1-3-5-6-10(4-2)13-8(11)7-9(12)14-10/h3-7H2,1-2H3. The van der Waals surface area contributed by atoms with E-state index in [1.165, 1.54) is 0 Å². The lowest BCUT2D eigenvalue weighted by molar-refractivity contribution is -0.247. The molecule has 0 aromatic heterocycles. The lowest BCUT2D eigenvalue weighted by atomic mass is 10.1. The van der Waals surface area contributed by atoms with E-state index in [2.05, 4.69) is 0 Å². The summed E-state index contributed by atoms with van der Waals surface area (Å²) in [6.45, 7) is 3.89. The van der Waals surface area contributed by atoms with Crippen LogP contribution in [-0.2, 0) is 19.1 Å². The molecular formula is C10H16O4. The summed E-state index contributed by atoms with van der Waals surface area (Å²) in [5.74, 6) is -1.93. The van der Waals surface area contributed by atoms with Crippen molar-refractivity contribution in [2.45, 2.75) is 51.7 Å². The van der Waals surface area contributed by atoms with Gasteiger partial charge in [0.25, 0.3) is 5.79 Å². The quantitative estimate of drug-likeness (QED) is 0.512. The van der Waals surface area contributed by atoms with Crippen LogP contribution in [-0.4, -0.2) is 17.7 Å². The Morgan fingerprint density at radius 1 is 1.21 bits per heavy atom. The summed E-state index contributed by atoms with van der Waals surface area (Å²) in [5, 5.41) is 0. The van der Waals surface area contributed by atoms with Crippen LogP contribution in [0.5, 0.6) is 0 Å². The predicted molar refractivity (Wildman–Crippen MR) is 49.3 cm³/mol. The van der Waals surface area contributed by atoms with Crippen LogP contribution in [0, 0.1) is 0 Å². The number of carbonyl (C=O) groups excluding carboxylic acids is 2. The predicted octanol–water partition coefficient (Wildman–Crippen LogP) is 1.77. The molecule has 0 N–H and O–H groups in total. The highest BCUT2D eigenvalue weighted by Crippen LogP contribution is 2.29. The molecule has 0 atom stereocenters. The van der Waals surface area contributed by atoms with Gasteiger partial charge in [-0.15, -0.1) is 0 Å². The second-order valence-electron chi connectivity index (χ2n) is 3.49. The Bertz CT molecular complexity index is 218. The lowest BCUT2D eigenvalue weighted by Gasteiger charge is -2.34. The van der Waals surface area contributed by atoms with Gasteiger partial charge in [-0.3, -0.25) is 9.59 Å². The van der Waals surface area contributed by atoms with Gasteiger partial charge in [-0.05, 0) is 6.42 Å². The van der Waals surface area contributed by atoms with Crippen molar-refractivity contribution in [3.63, 3.8) is 0 Å². The number of rotatable bonds is 4. The topological polar surface area (TPSA) is 52.6 Å². The van der Waals surface area contributed by atoms with Crippen molar-refractivity contribution in [3.8, 4) is 0 Å². The van der Waals surface area contributed by atoms with E-state index in [4.69, 9.17) is 9.47 Å². The minimum absolute atomic E-state index is 0.256. The fraction of sp³-hybridized carbons (Fsp3) is 0.800.